The first-order chi connectivity index (χ1) is 12.0. The second-order valence-corrected chi connectivity index (χ2v) is 7.70. The van der Waals surface area contributed by atoms with Gasteiger partial charge in [0.05, 0.1) is 18.1 Å². The lowest BCUT2D eigenvalue weighted by Gasteiger charge is -2.29. The molecule has 1 fully saturated rings. The summed E-state index contributed by atoms with van der Waals surface area (Å²) in [6.07, 6.45) is 0. The number of aryl methyl sites for hydroxylation is 2. The molecule has 2 aromatic carbocycles. The minimum atomic E-state index is -3.80. The van der Waals surface area contributed by atoms with Crippen LogP contribution in [0.3, 0.4) is 0 Å². The molecule has 0 amide bonds. The van der Waals surface area contributed by atoms with E-state index in [1.807, 2.05) is 48.2 Å². The van der Waals surface area contributed by atoms with Crippen LogP contribution in [0.25, 0.3) is 0 Å². The summed E-state index contributed by atoms with van der Waals surface area (Å²) in [4.78, 5) is 2.22. The Bertz CT molecular complexity index is 871. The van der Waals surface area contributed by atoms with E-state index in [1.54, 1.807) is 19.1 Å². The van der Waals surface area contributed by atoms with E-state index in [1.165, 1.54) is 0 Å². The largest absolute Gasteiger partial charge is 0.378 e. The van der Waals surface area contributed by atoms with Crippen molar-refractivity contribution < 1.29 is 13.2 Å². The van der Waals surface area contributed by atoms with Gasteiger partial charge in [-0.1, -0.05) is 48.0 Å². The van der Waals surface area contributed by atoms with Gasteiger partial charge in [-0.05, 0) is 25.5 Å². The molecular weight excluding hydrogens is 336 g/mol. The van der Waals surface area contributed by atoms with E-state index < -0.39 is 10.0 Å². The molecule has 0 radical (unpaired) electrons. The van der Waals surface area contributed by atoms with Crippen LogP contribution in [0.4, 0.5) is 0 Å². The zero-order valence-electron chi connectivity index (χ0n) is 14.5. The fourth-order valence-corrected chi connectivity index (χ4v) is 4.16. The standard InChI is InChI=1S/C19H22N2O3S/c1-15-8-9-18(16(2)14-15)25(22,23)20-19(17-6-4-3-5-7-17)21-10-12-24-13-11-21/h3-9,14H,10-13H2,1-2H3. The van der Waals surface area contributed by atoms with E-state index in [2.05, 4.69) is 4.40 Å². The Labute approximate surface area is 149 Å². The Morgan fingerprint density at radius 1 is 1.04 bits per heavy atom. The van der Waals surface area contributed by atoms with Gasteiger partial charge in [-0.3, -0.25) is 0 Å². The van der Waals surface area contributed by atoms with Crippen LogP contribution in [-0.4, -0.2) is 45.5 Å². The fourth-order valence-electron chi connectivity index (χ4n) is 2.91. The Morgan fingerprint density at radius 2 is 1.72 bits per heavy atom. The smallest absolute Gasteiger partial charge is 0.284 e. The molecular formula is C19H22N2O3S. The molecule has 0 aromatic heterocycles. The predicted molar refractivity (Wildman–Crippen MR) is 98.5 cm³/mol. The summed E-state index contributed by atoms with van der Waals surface area (Å²) in [6, 6.07) is 14.7. The number of sulfonamides is 1. The van der Waals surface area contributed by atoms with Gasteiger partial charge in [0.25, 0.3) is 10.0 Å². The third kappa shape index (κ3) is 4.08. The maximum atomic E-state index is 12.9. The molecule has 0 saturated carbocycles. The van der Waals surface area contributed by atoms with Crippen molar-refractivity contribution in [3.8, 4) is 0 Å². The van der Waals surface area contributed by atoms with Gasteiger partial charge in [0.2, 0.25) is 0 Å². The molecule has 0 atom stereocenters. The van der Waals surface area contributed by atoms with Crippen LogP contribution < -0.4 is 0 Å². The van der Waals surface area contributed by atoms with Crippen molar-refractivity contribution in [2.45, 2.75) is 18.7 Å². The summed E-state index contributed by atoms with van der Waals surface area (Å²) in [7, 11) is -3.80. The molecule has 0 unspecified atom stereocenters. The number of morpholine rings is 1. The van der Waals surface area contributed by atoms with Gasteiger partial charge in [0, 0.05) is 18.7 Å². The molecule has 25 heavy (non-hydrogen) atoms. The molecule has 1 aliphatic heterocycles. The zero-order chi connectivity index (χ0) is 17.9. The molecule has 6 heteroatoms. The maximum Gasteiger partial charge on any atom is 0.284 e. The number of hydrogen-bond acceptors (Lipinski definition) is 3. The van der Waals surface area contributed by atoms with Crippen molar-refractivity contribution in [3.05, 3.63) is 65.2 Å². The average Bonchev–Trinajstić information content (AvgIpc) is 2.61. The highest BCUT2D eigenvalue weighted by Gasteiger charge is 2.22. The molecule has 1 aliphatic rings. The van der Waals surface area contributed by atoms with Crippen LogP contribution in [0.2, 0.25) is 0 Å². The first kappa shape index (κ1) is 17.6. The van der Waals surface area contributed by atoms with E-state index in [-0.39, 0.29) is 4.90 Å². The predicted octanol–water partition coefficient (Wildman–Crippen LogP) is 2.77. The van der Waals surface area contributed by atoms with Crippen molar-refractivity contribution >= 4 is 15.9 Å². The Balaban J connectivity index is 2.08. The van der Waals surface area contributed by atoms with Gasteiger partial charge in [-0.2, -0.15) is 8.42 Å². The van der Waals surface area contributed by atoms with Gasteiger partial charge in [-0.25, -0.2) is 0 Å². The number of hydrogen-bond donors (Lipinski definition) is 0. The molecule has 0 N–H and O–H groups in total. The third-order valence-electron chi connectivity index (χ3n) is 4.16. The van der Waals surface area contributed by atoms with E-state index in [4.69, 9.17) is 4.74 Å². The first-order valence-electron chi connectivity index (χ1n) is 8.28. The normalized spacial score (nSPS) is 16.1. The van der Waals surface area contributed by atoms with Crippen LogP contribution in [0.1, 0.15) is 16.7 Å². The number of ether oxygens (including phenoxy) is 1. The van der Waals surface area contributed by atoms with Crippen LogP contribution in [-0.2, 0) is 14.8 Å². The quantitative estimate of drug-likeness (QED) is 0.625. The summed E-state index contributed by atoms with van der Waals surface area (Å²) in [5.41, 5.74) is 2.52. The minimum Gasteiger partial charge on any atom is -0.378 e. The second-order valence-electron chi connectivity index (χ2n) is 6.12. The van der Waals surface area contributed by atoms with Crippen LogP contribution in [0.15, 0.2) is 57.8 Å². The number of benzene rings is 2. The monoisotopic (exact) mass is 358 g/mol. The molecule has 3 rings (SSSR count). The van der Waals surface area contributed by atoms with Gasteiger partial charge in [0.15, 0.2) is 0 Å². The first-order valence-corrected chi connectivity index (χ1v) is 9.72. The van der Waals surface area contributed by atoms with Crippen molar-refractivity contribution in [3.63, 3.8) is 0 Å². The van der Waals surface area contributed by atoms with E-state index >= 15 is 0 Å². The highest BCUT2D eigenvalue weighted by atomic mass is 32.2. The molecule has 0 bridgehead atoms. The SMILES string of the molecule is Cc1ccc(S(=O)(=O)N=C(c2ccccc2)N2CCOCC2)c(C)c1. The highest BCUT2D eigenvalue weighted by molar-refractivity contribution is 7.90. The topological polar surface area (TPSA) is 59.0 Å². The van der Waals surface area contributed by atoms with Gasteiger partial charge >= 0.3 is 0 Å². The average molecular weight is 358 g/mol. The number of nitrogens with zero attached hydrogens (tertiary/aromatic N) is 2. The Hall–Kier alpha value is -2.18. The number of rotatable bonds is 3. The summed E-state index contributed by atoms with van der Waals surface area (Å²) < 4.78 is 35.5. The van der Waals surface area contributed by atoms with Crippen LogP contribution in [0.5, 0.6) is 0 Å². The molecule has 1 saturated heterocycles. The minimum absolute atomic E-state index is 0.250. The molecule has 1 heterocycles. The van der Waals surface area contributed by atoms with Crippen molar-refractivity contribution in [1.29, 1.82) is 0 Å². The Kier molecular flexibility index (Phi) is 5.20. The number of amidine groups is 1. The highest BCUT2D eigenvalue weighted by Crippen LogP contribution is 2.21. The van der Waals surface area contributed by atoms with Crippen molar-refractivity contribution in [2.24, 2.45) is 4.40 Å². The lowest BCUT2D eigenvalue weighted by atomic mass is 10.2. The lowest BCUT2D eigenvalue weighted by Crippen LogP contribution is -2.41. The van der Waals surface area contributed by atoms with E-state index in [0.29, 0.717) is 37.7 Å². The summed E-state index contributed by atoms with van der Waals surface area (Å²) >= 11 is 0. The summed E-state index contributed by atoms with van der Waals surface area (Å²) in [6.45, 7) is 6.11. The molecule has 0 aliphatic carbocycles. The maximum absolute atomic E-state index is 12.9. The molecule has 5 nitrogen and oxygen atoms in total. The van der Waals surface area contributed by atoms with E-state index in [0.717, 1.165) is 11.1 Å². The third-order valence-corrected chi connectivity index (χ3v) is 5.58. The lowest BCUT2D eigenvalue weighted by molar-refractivity contribution is 0.0683. The van der Waals surface area contributed by atoms with Crippen LogP contribution in [0, 0.1) is 13.8 Å². The molecule has 0 spiro atoms. The molecule has 2 aromatic rings. The molecule has 132 valence electrons. The van der Waals surface area contributed by atoms with Gasteiger partial charge in [-0.15, -0.1) is 4.40 Å². The summed E-state index contributed by atoms with van der Waals surface area (Å²) in [5, 5.41) is 0. The Morgan fingerprint density at radius 3 is 2.36 bits per heavy atom. The van der Waals surface area contributed by atoms with Crippen molar-refractivity contribution in [1.82, 2.24) is 4.90 Å². The van der Waals surface area contributed by atoms with Gasteiger partial charge in [0.1, 0.15) is 5.84 Å². The second kappa shape index (κ2) is 7.37. The zero-order valence-corrected chi connectivity index (χ0v) is 15.3. The van der Waals surface area contributed by atoms with Crippen molar-refractivity contribution in [2.75, 3.05) is 26.3 Å². The van der Waals surface area contributed by atoms with Gasteiger partial charge < -0.3 is 9.64 Å². The van der Waals surface area contributed by atoms with E-state index in [9.17, 15) is 8.42 Å². The fraction of sp³-hybridized carbons (Fsp3) is 0.316. The van der Waals surface area contributed by atoms with Crippen LogP contribution >= 0.6 is 0 Å². The summed E-state index contributed by atoms with van der Waals surface area (Å²) in [5.74, 6) is 0.476.